The van der Waals surface area contributed by atoms with Gasteiger partial charge in [-0.25, -0.2) is 5.84 Å². The molecule has 0 amide bonds. The van der Waals surface area contributed by atoms with Crippen LogP contribution in [0.3, 0.4) is 0 Å². The second-order valence-electron chi connectivity index (χ2n) is 3.13. The molecule has 0 saturated heterocycles. The zero-order valence-electron chi connectivity index (χ0n) is 8.32. The van der Waals surface area contributed by atoms with Crippen LogP contribution in [0.2, 0.25) is 0 Å². The van der Waals surface area contributed by atoms with Crippen molar-refractivity contribution in [3.63, 3.8) is 0 Å². The molecule has 1 heterocycles. The molecule has 4 nitrogen and oxygen atoms in total. The van der Waals surface area contributed by atoms with Crippen molar-refractivity contribution in [3.05, 3.63) is 29.8 Å². The average molecular weight is 260 g/mol. The number of hydrogen-bond acceptors (Lipinski definition) is 5. The van der Waals surface area contributed by atoms with E-state index in [0.29, 0.717) is 15.7 Å². The third kappa shape index (κ3) is 2.53. The van der Waals surface area contributed by atoms with Crippen molar-refractivity contribution in [1.29, 1.82) is 0 Å². The molecule has 0 unspecified atom stereocenters. The maximum absolute atomic E-state index is 12.3. The van der Waals surface area contributed by atoms with Crippen LogP contribution in [-0.4, -0.2) is 10.2 Å². The van der Waals surface area contributed by atoms with E-state index in [4.69, 9.17) is 5.84 Å². The highest BCUT2D eigenvalue weighted by atomic mass is 32.1. The maximum atomic E-state index is 12.3. The van der Waals surface area contributed by atoms with Crippen molar-refractivity contribution < 1.29 is 13.2 Å². The first kappa shape index (κ1) is 11.8. The van der Waals surface area contributed by atoms with Gasteiger partial charge in [-0.2, -0.15) is 13.2 Å². The van der Waals surface area contributed by atoms with Crippen molar-refractivity contribution in [2.45, 2.75) is 6.18 Å². The Balaban J connectivity index is 2.29. The summed E-state index contributed by atoms with van der Waals surface area (Å²) in [6.45, 7) is 0. The van der Waals surface area contributed by atoms with Gasteiger partial charge in [0.15, 0.2) is 0 Å². The molecule has 0 bridgehead atoms. The van der Waals surface area contributed by atoms with Crippen LogP contribution in [0, 0.1) is 0 Å². The fourth-order valence-electron chi connectivity index (χ4n) is 1.20. The standard InChI is InChI=1S/C9H7F3N4S/c10-9(11,12)6-3-1-5(2-4-6)7-15-16-8(14-13)17-7/h1-4H,13H2,(H,14,16). The number of nitrogens with zero attached hydrogens (tertiary/aromatic N) is 2. The second kappa shape index (κ2) is 4.30. The Morgan fingerprint density at radius 2 is 1.76 bits per heavy atom. The van der Waals surface area contributed by atoms with Crippen LogP contribution in [0.4, 0.5) is 18.3 Å². The van der Waals surface area contributed by atoms with E-state index < -0.39 is 11.7 Å². The van der Waals surface area contributed by atoms with Gasteiger partial charge in [0.1, 0.15) is 5.01 Å². The van der Waals surface area contributed by atoms with Crippen LogP contribution in [0.25, 0.3) is 10.6 Å². The number of halogens is 3. The van der Waals surface area contributed by atoms with E-state index >= 15 is 0 Å². The lowest BCUT2D eigenvalue weighted by Crippen LogP contribution is -2.05. The molecule has 0 aliphatic heterocycles. The molecule has 17 heavy (non-hydrogen) atoms. The van der Waals surface area contributed by atoms with Crippen LogP contribution in [0.15, 0.2) is 24.3 Å². The molecule has 0 aliphatic carbocycles. The molecule has 0 radical (unpaired) electrons. The van der Waals surface area contributed by atoms with Crippen molar-refractivity contribution in [3.8, 4) is 10.6 Å². The number of nitrogens with one attached hydrogen (secondary N) is 1. The Kier molecular flexibility index (Phi) is 2.99. The molecule has 0 spiro atoms. The van der Waals surface area contributed by atoms with Gasteiger partial charge in [0.25, 0.3) is 0 Å². The summed E-state index contributed by atoms with van der Waals surface area (Å²) in [5, 5.41) is 8.40. The predicted octanol–water partition coefficient (Wildman–Crippen LogP) is 2.51. The lowest BCUT2D eigenvalue weighted by Gasteiger charge is -2.06. The topological polar surface area (TPSA) is 63.8 Å². The van der Waals surface area contributed by atoms with E-state index in [0.717, 1.165) is 23.5 Å². The lowest BCUT2D eigenvalue weighted by atomic mass is 10.1. The average Bonchev–Trinajstić information content (AvgIpc) is 2.76. The van der Waals surface area contributed by atoms with Gasteiger partial charge in [-0.05, 0) is 12.1 Å². The molecule has 2 aromatic rings. The molecule has 1 aromatic heterocycles. The summed E-state index contributed by atoms with van der Waals surface area (Å²) in [6.07, 6.45) is -4.33. The maximum Gasteiger partial charge on any atom is 0.416 e. The highest BCUT2D eigenvalue weighted by molar-refractivity contribution is 7.18. The van der Waals surface area contributed by atoms with Crippen LogP contribution in [0.5, 0.6) is 0 Å². The van der Waals surface area contributed by atoms with Gasteiger partial charge < -0.3 is 0 Å². The number of alkyl halides is 3. The number of aromatic nitrogens is 2. The normalized spacial score (nSPS) is 11.5. The molecule has 3 N–H and O–H groups in total. The highest BCUT2D eigenvalue weighted by Gasteiger charge is 2.30. The molecule has 90 valence electrons. The lowest BCUT2D eigenvalue weighted by molar-refractivity contribution is -0.137. The fraction of sp³-hybridized carbons (Fsp3) is 0.111. The minimum atomic E-state index is -4.33. The summed E-state index contributed by atoms with van der Waals surface area (Å²) >= 11 is 1.16. The summed E-state index contributed by atoms with van der Waals surface area (Å²) in [4.78, 5) is 0. The molecular formula is C9H7F3N4S. The number of hydrazine groups is 1. The van der Waals surface area contributed by atoms with Gasteiger partial charge in [0, 0.05) is 5.56 Å². The summed E-state index contributed by atoms with van der Waals surface area (Å²) in [7, 11) is 0. The largest absolute Gasteiger partial charge is 0.416 e. The highest BCUT2D eigenvalue weighted by Crippen LogP contribution is 2.32. The smallest absolute Gasteiger partial charge is 0.298 e. The third-order valence-electron chi connectivity index (χ3n) is 2.01. The van der Waals surface area contributed by atoms with Crippen LogP contribution < -0.4 is 11.3 Å². The Labute approximate surface area is 98.3 Å². The minimum Gasteiger partial charge on any atom is -0.298 e. The number of nitrogen functional groups attached to an aromatic ring is 1. The van der Waals surface area contributed by atoms with Crippen molar-refractivity contribution >= 4 is 16.5 Å². The zero-order chi connectivity index (χ0) is 12.5. The molecule has 0 atom stereocenters. The van der Waals surface area contributed by atoms with E-state index in [-0.39, 0.29) is 0 Å². The Morgan fingerprint density at radius 1 is 1.12 bits per heavy atom. The van der Waals surface area contributed by atoms with Crippen molar-refractivity contribution in [2.24, 2.45) is 5.84 Å². The number of rotatable bonds is 2. The Hall–Kier alpha value is -1.67. The summed E-state index contributed by atoms with van der Waals surface area (Å²) in [5.41, 5.74) is 2.19. The van der Waals surface area contributed by atoms with E-state index in [1.807, 2.05) is 0 Å². The van der Waals surface area contributed by atoms with Crippen LogP contribution >= 0.6 is 11.3 Å². The first-order chi connectivity index (χ1) is 8.00. The Bertz CT molecular complexity index is 506. The molecule has 0 fully saturated rings. The number of nitrogens with two attached hydrogens (primary N) is 1. The van der Waals surface area contributed by atoms with Crippen LogP contribution in [0.1, 0.15) is 5.56 Å². The molecule has 1 aromatic carbocycles. The van der Waals surface area contributed by atoms with Gasteiger partial charge in [0.05, 0.1) is 5.56 Å². The number of hydrogen-bond donors (Lipinski definition) is 2. The van der Waals surface area contributed by atoms with E-state index in [1.165, 1.54) is 12.1 Å². The fourth-order valence-corrected chi connectivity index (χ4v) is 1.86. The van der Waals surface area contributed by atoms with E-state index in [2.05, 4.69) is 15.6 Å². The van der Waals surface area contributed by atoms with Gasteiger partial charge >= 0.3 is 6.18 Å². The Morgan fingerprint density at radius 3 is 2.24 bits per heavy atom. The summed E-state index contributed by atoms with van der Waals surface area (Å²) in [6, 6.07) is 4.71. The molecule has 0 aliphatic rings. The van der Waals surface area contributed by atoms with E-state index in [9.17, 15) is 13.2 Å². The SMILES string of the molecule is NNc1nnc(-c2ccc(C(F)(F)F)cc2)s1. The van der Waals surface area contributed by atoms with Gasteiger partial charge in [-0.1, -0.05) is 23.5 Å². The minimum absolute atomic E-state index is 0.403. The number of anilines is 1. The quantitative estimate of drug-likeness (QED) is 0.643. The number of benzene rings is 1. The van der Waals surface area contributed by atoms with Crippen LogP contribution in [-0.2, 0) is 6.18 Å². The second-order valence-corrected chi connectivity index (χ2v) is 4.11. The predicted molar refractivity (Wildman–Crippen MR) is 58.2 cm³/mol. The van der Waals surface area contributed by atoms with Gasteiger partial charge in [-0.3, -0.25) is 5.43 Å². The molecule has 8 heteroatoms. The van der Waals surface area contributed by atoms with Gasteiger partial charge in [-0.15, -0.1) is 10.2 Å². The first-order valence-corrected chi connectivity index (χ1v) is 5.30. The third-order valence-corrected chi connectivity index (χ3v) is 2.91. The van der Waals surface area contributed by atoms with Crippen molar-refractivity contribution in [1.82, 2.24) is 10.2 Å². The van der Waals surface area contributed by atoms with Gasteiger partial charge in [0.2, 0.25) is 5.13 Å². The zero-order valence-corrected chi connectivity index (χ0v) is 9.14. The summed E-state index contributed by atoms with van der Waals surface area (Å²) < 4.78 is 37.0. The monoisotopic (exact) mass is 260 g/mol. The molecule has 0 saturated carbocycles. The van der Waals surface area contributed by atoms with Crippen molar-refractivity contribution in [2.75, 3.05) is 5.43 Å². The van der Waals surface area contributed by atoms with E-state index in [1.54, 1.807) is 0 Å². The molecule has 2 rings (SSSR count). The summed E-state index contributed by atoms with van der Waals surface area (Å²) in [5.74, 6) is 5.13. The first-order valence-electron chi connectivity index (χ1n) is 4.48. The molecular weight excluding hydrogens is 253 g/mol.